The fourth-order valence-corrected chi connectivity index (χ4v) is 3.04. The van der Waals surface area contributed by atoms with Crippen LogP contribution in [0.1, 0.15) is 0 Å². The Hall–Kier alpha value is -1.87. The second-order valence-electron chi connectivity index (χ2n) is 4.21. The average molecular weight is 255 g/mol. The second kappa shape index (κ2) is 4.42. The largest absolute Gasteiger partial charge is 0.367 e. The van der Waals surface area contributed by atoms with Crippen molar-refractivity contribution in [2.75, 3.05) is 6.26 Å². The van der Waals surface area contributed by atoms with E-state index in [-0.39, 0.29) is 0 Å². The summed E-state index contributed by atoms with van der Waals surface area (Å²) in [6.45, 7) is 0. The van der Waals surface area contributed by atoms with Gasteiger partial charge in [0.05, 0.1) is 10.8 Å². The maximum atomic E-state index is 11.9. The molecule has 0 bridgehead atoms. The topological polar surface area (TPSA) is 32.9 Å². The Bertz CT molecular complexity index is 716. The predicted octanol–water partition coefficient (Wildman–Crippen LogP) is 3.57. The number of nitrogens with one attached hydrogen (secondary N) is 1. The van der Waals surface area contributed by atoms with Crippen molar-refractivity contribution in [3.8, 4) is 11.1 Å². The number of aromatic amines is 1. The molecule has 1 aromatic heterocycles. The number of rotatable bonds is 2. The van der Waals surface area contributed by atoms with Gasteiger partial charge in [-0.3, -0.25) is 4.21 Å². The number of fused-ring (bicyclic) bond motifs is 1. The van der Waals surface area contributed by atoms with Crippen molar-refractivity contribution >= 4 is 21.6 Å². The first kappa shape index (κ1) is 11.2. The maximum absolute atomic E-state index is 11.9. The molecule has 1 unspecified atom stereocenters. The van der Waals surface area contributed by atoms with Crippen LogP contribution in [0.5, 0.6) is 0 Å². The molecule has 0 aliphatic heterocycles. The highest BCUT2D eigenvalue weighted by Crippen LogP contribution is 2.33. The van der Waals surface area contributed by atoms with E-state index in [9.17, 15) is 4.21 Å². The molecule has 3 aromatic rings. The van der Waals surface area contributed by atoms with Crippen LogP contribution in [0.3, 0.4) is 0 Å². The maximum Gasteiger partial charge on any atom is 0.0504 e. The molecule has 0 saturated carbocycles. The van der Waals surface area contributed by atoms with Crippen molar-refractivity contribution in [2.45, 2.75) is 4.90 Å². The predicted molar refractivity (Wildman–Crippen MR) is 76.1 cm³/mol. The number of H-pyrrole nitrogens is 1. The number of benzene rings is 2. The fraction of sp³-hybridized carbons (Fsp3) is 0.0667. The molecule has 90 valence electrons. The molecule has 1 N–H and O–H groups in total. The molecule has 2 aromatic carbocycles. The van der Waals surface area contributed by atoms with Crippen LogP contribution >= 0.6 is 0 Å². The molecule has 0 radical (unpaired) electrons. The third-order valence-electron chi connectivity index (χ3n) is 3.09. The van der Waals surface area contributed by atoms with E-state index in [0.29, 0.717) is 0 Å². The minimum Gasteiger partial charge on any atom is -0.367 e. The molecule has 0 amide bonds. The lowest BCUT2D eigenvalue weighted by Gasteiger charge is -2.10. The summed E-state index contributed by atoms with van der Waals surface area (Å²) in [7, 11) is -0.995. The smallest absolute Gasteiger partial charge is 0.0504 e. The van der Waals surface area contributed by atoms with Gasteiger partial charge < -0.3 is 4.98 Å². The van der Waals surface area contributed by atoms with E-state index in [4.69, 9.17) is 0 Å². The number of aromatic nitrogens is 1. The van der Waals surface area contributed by atoms with Crippen LogP contribution in [0, 0.1) is 0 Å². The first-order valence-electron chi connectivity index (χ1n) is 5.76. The molecular weight excluding hydrogens is 242 g/mol. The zero-order valence-corrected chi connectivity index (χ0v) is 10.8. The van der Waals surface area contributed by atoms with Crippen LogP contribution in [0.15, 0.2) is 59.8 Å². The Kier molecular flexibility index (Phi) is 2.76. The zero-order chi connectivity index (χ0) is 12.5. The molecule has 0 aliphatic carbocycles. The van der Waals surface area contributed by atoms with Crippen LogP contribution in [0.2, 0.25) is 0 Å². The molecule has 18 heavy (non-hydrogen) atoms. The van der Waals surface area contributed by atoms with Crippen LogP contribution in [-0.4, -0.2) is 15.4 Å². The van der Waals surface area contributed by atoms with Crippen molar-refractivity contribution in [2.24, 2.45) is 0 Å². The second-order valence-corrected chi connectivity index (χ2v) is 5.56. The van der Waals surface area contributed by atoms with Gasteiger partial charge in [-0.05, 0) is 22.9 Å². The highest BCUT2D eigenvalue weighted by molar-refractivity contribution is 7.84. The highest BCUT2D eigenvalue weighted by atomic mass is 32.2. The molecule has 3 rings (SSSR count). The molecule has 0 aliphatic rings. The van der Waals surface area contributed by atoms with Crippen LogP contribution < -0.4 is 0 Å². The Morgan fingerprint density at radius 3 is 2.61 bits per heavy atom. The summed E-state index contributed by atoms with van der Waals surface area (Å²) in [6, 6.07) is 14.2. The van der Waals surface area contributed by atoms with E-state index in [1.165, 1.54) is 5.39 Å². The minimum absolute atomic E-state index is 0.883. The van der Waals surface area contributed by atoms with Crippen molar-refractivity contribution in [3.05, 3.63) is 54.9 Å². The van der Waals surface area contributed by atoms with Gasteiger partial charge >= 0.3 is 0 Å². The van der Waals surface area contributed by atoms with Gasteiger partial charge in [0.15, 0.2) is 0 Å². The van der Waals surface area contributed by atoms with E-state index in [0.717, 1.165) is 21.4 Å². The van der Waals surface area contributed by atoms with Crippen molar-refractivity contribution < 1.29 is 4.21 Å². The van der Waals surface area contributed by atoms with E-state index < -0.39 is 10.8 Å². The third-order valence-corrected chi connectivity index (χ3v) is 4.05. The van der Waals surface area contributed by atoms with Crippen LogP contribution in [-0.2, 0) is 10.8 Å². The Balaban J connectivity index is 2.43. The first-order valence-corrected chi connectivity index (χ1v) is 7.31. The van der Waals surface area contributed by atoms with Crippen molar-refractivity contribution in [1.29, 1.82) is 0 Å². The lowest BCUT2D eigenvalue weighted by atomic mass is 10.0. The molecule has 3 heteroatoms. The Morgan fingerprint density at radius 1 is 1.06 bits per heavy atom. The van der Waals surface area contributed by atoms with Crippen LogP contribution in [0.25, 0.3) is 21.9 Å². The van der Waals surface area contributed by atoms with Crippen molar-refractivity contribution in [3.63, 3.8) is 0 Å². The molecule has 0 spiro atoms. The monoisotopic (exact) mass is 255 g/mol. The molecule has 1 atom stereocenters. The average Bonchev–Trinajstić information content (AvgIpc) is 2.90. The molecule has 1 heterocycles. The Labute approximate surface area is 108 Å². The van der Waals surface area contributed by atoms with Gasteiger partial charge in [-0.2, -0.15) is 0 Å². The van der Waals surface area contributed by atoms with Gasteiger partial charge in [-0.1, -0.05) is 30.3 Å². The SMILES string of the molecule is CS(=O)c1ccc2ccccc2c1-c1cc[nH]c1. The standard InChI is InChI=1S/C15H13NOS/c1-18(17)14-7-6-11-4-2-3-5-13(11)15(14)12-8-9-16-10-12/h2-10,16H,1H3. The Morgan fingerprint density at radius 2 is 1.89 bits per heavy atom. The van der Waals surface area contributed by atoms with E-state index >= 15 is 0 Å². The minimum atomic E-state index is -0.995. The first-order chi connectivity index (χ1) is 8.77. The lowest BCUT2D eigenvalue weighted by Crippen LogP contribution is -1.92. The zero-order valence-electron chi connectivity index (χ0n) is 10.0. The molecule has 2 nitrogen and oxygen atoms in total. The lowest BCUT2D eigenvalue weighted by molar-refractivity contribution is 0.687. The summed E-state index contributed by atoms with van der Waals surface area (Å²) < 4.78 is 11.9. The highest BCUT2D eigenvalue weighted by Gasteiger charge is 2.12. The summed E-state index contributed by atoms with van der Waals surface area (Å²) in [5.74, 6) is 0. The fourth-order valence-electron chi connectivity index (χ4n) is 2.27. The molecule has 0 fully saturated rings. The summed E-state index contributed by atoms with van der Waals surface area (Å²) >= 11 is 0. The molecule has 0 saturated heterocycles. The molecular formula is C15H13NOS. The van der Waals surface area contributed by atoms with E-state index in [2.05, 4.69) is 17.1 Å². The van der Waals surface area contributed by atoms with Gasteiger partial charge in [0.2, 0.25) is 0 Å². The number of hydrogen-bond donors (Lipinski definition) is 1. The summed E-state index contributed by atoms with van der Waals surface area (Å²) in [5, 5.41) is 2.31. The van der Waals surface area contributed by atoms with Gasteiger partial charge in [0, 0.05) is 34.7 Å². The normalized spacial score (nSPS) is 12.7. The summed E-state index contributed by atoms with van der Waals surface area (Å²) in [6.07, 6.45) is 5.55. The quantitative estimate of drug-likeness (QED) is 0.746. The van der Waals surface area contributed by atoms with Gasteiger partial charge in [-0.15, -0.1) is 0 Å². The summed E-state index contributed by atoms with van der Waals surface area (Å²) in [4.78, 5) is 3.94. The van der Waals surface area contributed by atoms with Crippen molar-refractivity contribution in [1.82, 2.24) is 4.98 Å². The van der Waals surface area contributed by atoms with Gasteiger partial charge in [-0.25, -0.2) is 0 Å². The van der Waals surface area contributed by atoms with Gasteiger partial charge in [0.25, 0.3) is 0 Å². The third kappa shape index (κ3) is 1.77. The number of hydrogen-bond acceptors (Lipinski definition) is 1. The van der Waals surface area contributed by atoms with Crippen LogP contribution in [0.4, 0.5) is 0 Å². The van der Waals surface area contributed by atoms with Gasteiger partial charge in [0.1, 0.15) is 0 Å². The summed E-state index contributed by atoms with van der Waals surface area (Å²) in [5.41, 5.74) is 2.15. The van der Waals surface area contributed by atoms with E-state index in [1.807, 2.05) is 42.7 Å². The van der Waals surface area contributed by atoms with E-state index in [1.54, 1.807) is 6.26 Å².